The SMILES string of the molecule is CCCCCCCCCCC(CCCC)c1ccc(S(=O)(=O)[O-])cc1. The second-order valence-corrected chi connectivity index (χ2v) is 8.51. The highest BCUT2D eigenvalue weighted by atomic mass is 32.2. The molecule has 1 unspecified atom stereocenters. The number of unbranched alkanes of at least 4 members (excludes halogenated alkanes) is 8. The molecule has 1 aromatic rings. The van der Waals surface area contributed by atoms with Crippen molar-refractivity contribution < 1.29 is 13.0 Å². The summed E-state index contributed by atoms with van der Waals surface area (Å²) in [5, 5.41) is 0. The van der Waals surface area contributed by atoms with Crippen LogP contribution in [0.2, 0.25) is 0 Å². The van der Waals surface area contributed by atoms with Crippen LogP contribution in [0, 0.1) is 0 Å². The van der Waals surface area contributed by atoms with Crippen LogP contribution in [0.3, 0.4) is 0 Å². The molecule has 1 atom stereocenters. The first kappa shape index (κ1) is 22.2. The standard InChI is InChI=1S/C21H36O3S/c1-3-5-7-8-9-10-11-12-14-19(13-6-4-2)20-15-17-21(18-16-20)25(22,23)24/h15-19H,3-14H2,1-2H3,(H,22,23,24)/p-1. The molecule has 0 spiro atoms. The van der Waals surface area contributed by atoms with E-state index in [1.165, 1.54) is 81.9 Å². The second kappa shape index (κ2) is 12.5. The molecule has 0 aliphatic rings. The Balaban J connectivity index is 2.45. The van der Waals surface area contributed by atoms with E-state index in [4.69, 9.17) is 0 Å². The summed E-state index contributed by atoms with van der Waals surface area (Å²) >= 11 is 0. The van der Waals surface area contributed by atoms with Gasteiger partial charge in [0.2, 0.25) is 0 Å². The van der Waals surface area contributed by atoms with E-state index in [-0.39, 0.29) is 4.90 Å². The molecular weight excluding hydrogens is 332 g/mol. The topological polar surface area (TPSA) is 57.2 Å². The Bertz CT molecular complexity index is 549. The lowest BCUT2D eigenvalue weighted by atomic mass is 9.88. The number of hydrogen-bond acceptors (Lipinski definition) is 3. The van der Waals surface area contributed by atoms with E-state index >= 15 is 0 Å². The third-order valence-corrected chi connectivity index (χ3v) is 5.80. The minimum atomic E-state index is -4.35. The van der Waals surface area contributed by atoms with Gasteiger partial charge in [0, 0.05) is 0 Å². The molecule has 25 heavy (non-hydrogen) atoms. The molecule has 0 radical (unpaired) electrons. The lowest BCUT2D eigenvalue weighted by Crippen LogP contribution is -2.02. The quantitative estimate of drug-likeness (QED) is 0.282. The molecule has 0 aliphatic heterocycles. The number of hydrogen-bond donors (Lipinski definition) is 0. The third kappa shape index (κ3) is 9.41. The number of benzene rings is 1. The number of rotatable bonds is 14. The predicted molar refractivity (Wildman–Crippen MR) is 104 cm³/mol. The molecule has 4 heteroatoms. The Hall–Kier alpha value is -0.870. The molecule has 0 aliphatic carbocycles. The molecule has 0 saturated heterocycles. The Morgan fingerprint density at radius 2 is 1.24 bits per heavy atom. The van der Waals surface area contributed by atoms with Crippen molar-refractivity contribution in [2.24, 2.45) is 0 Å². The molecule has 1 aromatic carbocycles. The van der Waals surface area contributed by atoms with Gasteiger partial charge in [0.1, 0.15) is 10.1 Å². The Morgan fingerprint density at radius 3 is 1.76 bits per heavy atom. The summed E-state index contributed by atoms with van der Waals surface area (Å²) in [6.45, 7) is 4.44. The molecular formula is C21H35O3S-. The maximum atomic E-state index is 11.1. The highest BCUT2D eigenvalue weighted by molar-refractivity contribution is 7.85. The lowest BCUT2D eigenvalue weighted by molar-refractivity contribution is 0.463. The fraction of sp³-hybridized carbons (Fsp3) is 0.714. The van der Waals surface area contributed by atoms with E-state index in [1.807, 2.05) is 12.1 Å². The molecule has 0 bridgehead atoms. The van der Waals surface area contributed by atoms with Crippen molar-refractivity contribution in [3.05, 3.63) is 29.8 Å². The summed E-state index contributed by atoms with van der Waals surface area (Å²) in [5.74, 6) is 0.475. The van der Waals surface area contributed by atoms with Gasteiger partial charge < -0.3 is 4.55 Å². The molecule has 0 heterocycles. The van der Waals surface area contributed by atoms with E-state index in [2.05, 4.69) is 13.8 Å². The van der Waals surface area contributed by atoms with Crippen LogP contribution in [0.5, 0.6) is 0 Å². The molecule has 0 aromatic heterocycles. The summed E-state index contributed by atoms with van der Waals surface area (Å²) in [6, 6.07) is 6.58. The van der Waals surface area contributed by atoms with Crippen LogP contribution in [-0.2, 0) is 10.1 Å². The highest BCUT2D eigenvalue weighted by Crippen LogP contribution is 2.29. The third-order valence-electron chi connectivity index (χ3n) is 4.95. The first-order valence-corrected chi connectivity index (χ1v) is 11.5. The van der Waals surface area contributed by atoms with Gasteiger partial charge in [-0.25, -0.2) is 8.42 Å². The van der Waals surface area contributed by atoms with Gasteiger partial charge in [0.15, 0.2) is 0 Å². The lowest BCUT2D eigenvalue weighted by Gasteiger charge is -2.18. The van der Waals surface area contributed by atoms with Gasteiger partial charge in [-0.15, -0.1) is 0 Å². The zero-order chi connectivity index (χ0) is 18.5. The van der Waals surface area contributed by atoms with E-state index in [0.717, 1.165) is 12.8 Å². The van der Waals surface area contributed by atoms with Crippen LogP contribution in [0.1, 0.15) is 102 Å². The molecule has 0 fully saturated rings. The van der Waals surface area contributed by atoms with Crippen molar-refractivity contribution in [1.29, 1.82) is 0 Å². The summed E-state index contributed by atoms with van der Waals surface area (Å²) in [7, 11) is -4.35. The molecule has 0 amide bonds. The summed E-state index contributed by atoms with van der Waals surface area (Å²) in [6.07, 6.45) is 15.2. The summed E-state index contributed by atoms with van der Waals surface area (Å²) in [4.78, 5) is -0.127. The monoisotopic (exact) mass is 367 g/mol. The fourth-order valence-corrected chi connectivity index (χ4v) is 3.83. The van der Waals surface area contributed by atoms with Gasteiger partial charge in [0.25, 0.3) is 0 Å². The average molecular weight is 368 g/mol. The van der Waals surface area contributed by atoms with Gasteiger partial charge in [-0.05, 0) is 36.5 Å². The molecule has 0 N–H and O–H groups in total. The van der Waals surface area contributed by atoms with Crippen LogP contribution in [-0.4, -0.2) is 13.0 Å². The minimum Gasteiger partial charge on any atom is -0.744 e. The van der Waals surface area contributed by atoms with Crippen LogP contribution in [0.4, 0.5) is 0 Å². The van der Waals surface area contributed by atoms with Gasteiger partial charge in [-0.2, -0.15) is 0 Å². The van der Waals surface area contributed by atoms with E-state index in [1.54, 1.807) is 0 Å². The minimum absolute atomic E-state index is 0.127. The Kier molecular flexibility index (Phi) is 11.1. The van der Waals surface area contributed by atoms with Gasteiger partial charge in [-0.3, -0.25) is 0 Å². The smallest absolute Gasteiger partial charge is 0.124 e. The van der Waals surface area contributed by atoms with Crippen molar-refractivity contribution in [2.45, 2.75) is 102 Å². The second-order valence-electron chi connectivity index (χ2n) is 7.13. The van der Waals surface area contributed by atoms with E-state index < -0.39 is 10.1 Å². The van der Waals surface area contributed by atoms with Gasteiger partial charge in [-0.1, -0.05) is 90.2 Å². The maximum Gasteiger partial charge on any atom is 0.124 e. The first-order valence-electron chi connectivity index (χ1n) is 10.0. The molecule has 3 nitrogen and oxygen atoms in total. The van der Waals surface area contributed by atoms with Crippen molar-refractivity contribution in [1.82, 2.24) is 0 Å². The highest BCUT2D eigenvalue weighted by Gasteiger charge is 2.12. The average Bonchev–Trinajstić information content (AvgIpc) is 2.59. The van der Waals surface area contributed by atoms with E-state index in [0.29, 0.717) is 5.92 Å². The molecule has 144 valence electrons. The van der Waals surface area contributed by atoms with Crippen molar-refractivity contribution in [3.8, 4) is 0 Å². The van der Waals surface area contributed by atoms with Gasteiger partial charge in [0.05, 0.1) is 4.90 Å². The van der Waals surface area contributed by atoms with Crippen LogP contribution < -0.4 is 0 Å². The van der Waals surface area contributed by atoms with Crippen LogP contribution in [0.25, 0.3) is 0 Å². The zero-order valence-corrected chi connectivity index (χ0v) is 16.8. The van der Waals surface area contributed by atoms with Crippen LogP contribution in [0.15, 0.2) is 29.2 Å². The Labute approximate surface area is 155 Å². The zero-order valence-electron chi connectivity index (χ0n) is 16.0. The molecule has 1 rings (SSSR count). The van der Waals surface area contributed by atoms with Crippen LogP contribution >= 0.6 is 0 Å². The Morgan fingerprint density at radius 1 is 0.760 bits per heavy atom. The summed E-state index contributed by atoms with van der Waals surface area (Å²) in [5.41, 5.74) is 1.17. The predicted octanol–water partition coefficient (Wildman–Crippen LogP) is 6.40. The van der Waals surface area contributed by atoms with E-state index in [9.17, 15) is 13.0 Å². The normalized spacial score (nSPS) is 13.1. The van der Waals surface area contributed by atoms with Crippen molar-refractivity contribution in [2.75, 3.05) is 0 Å². The van der Waals surface area contributed by atoms with Crippen molar-refractivity contribution in [3.63, 3.8) is 0 Å². The van der Waals surface area contributed by atoms with Gasteiger partial charge >= 0.3 is 0 Å². The fourth-order valence-electron chi connectivity index (χ4n) is 3.36. The van der Waals surface area contributed by atoms with Crippen molar-refractivity contribution >= 4 is 10.1 Å². The largest absolute Gasteiger partial charge is 0.744 e. The first-order chi connectivity index (χ1) is 12.0. The maximum absolute atomic E-state index is 11.1. The summed E-state index contributed by atoms with van der Waals surface area (Å²) < 4.78 is 33.2. The molecule has 0 saturated carbocycles.